The van der Waals surface area contributed by atoms with Gasteiger partial charge in [-0.2, -0.15) is 10.4 Å². The monoisotopic (exact) mass is 378 g/mol. The molecule has 0 bridgehead atoms. The molecule has 3 aromatic heterocycles. The van der Waals surface area contributed by atoms with Crippen LogP contribution in [0.15, 0.2) is 60.9 Å². The third-order valence-corrected chi connectivity index (χ3v) is 5.19. The first-order chi connectivity index (χ1) is 14.3. The topological polar surface area (TPSA) is 90.3 Å². The highest BCUT2D eigenvalue weighted by molar-refractivity contribution is 5.81. The maximum atomic E-state index is 8.94. The van der Waals surface area contributed by atoms with Gasteiger partial charge in [-0.05, 0) is 35.4 Å². The van der Waals surface area contributed by atoms with Gasteiger partial charge in [0.2, 0.25) is 0 Å². The van der Waals surface area contributed by atoms with E-state index < -0.39 is 0 Å². The van der Waals surface area contributed by atoms with Gasteiger partial charge in [-0.25, -0.2) is 4.98 Å². The van der Waals surface area contributed by atoms with Gasteiger partial charge in [0.1, 0.15) is 11.8 Å². The minimum Gasteiger partial charge on any atom is -0.307 e. The molecular weight excluding hydrogens is 360 g/mol. The Labute approximate surface area is 168 Å². The van der Waals surface area contributed by atoms with Crippen LogP contribution in [0.3, 0.4) is 0 Å². The van der Waals surface area contributed by atoms with E-state index in [1.165, 1.54) is 22.3 Å². The second-order valence-corrected chi connectivity index (χ2v) is 7.06. The number of aromatic nitrogens is 4. The third kappa shape index (κ3) is 3.28. The van der Waals surface area contributed by atoms with Crippen molar-refractivity contribution in [2.24, 2.45) is 0 Å². The van der Waals surface area contributed by atoms with E-state index in [1.807, 2.05) is 30.5 Å². The molecule has 140 valence electrons. The second-order valence-electron chi connectivity index (χ2n) is 7.06. The van der Waals surface area contributed by atoms with Crippen LogP contribution >= 0.6 is 0 Å². The molecule has 29 heavy (non-hydrogen) atoms. The third-order valence-electron chi connectivity index (χ3n) is 5.19. The first kappa shape index (κ1) is 17.3. The summed E-state index contributed by atoms with van der Waals surface area (Å²) in [6.07, 6.45) is 4.37. The van der Waals surface area contributed by atoms with Gasteiger partial charge in [0.25, 0.3) is 0 Å². The van der Waals surface area contributed by atoms with Gasteiger partial charge in [-0.3, -0.25) is 10.1 Å². The zero-order valence-electron chi connectivity index (χ0n) is 15.7. The lowest BCUT2D eigenvalue weighted by Crippen LogP contribution is -2.13. The number of nitrogens with zero attached hydrogens (tertiary/aromatic N) is 4. The Kier molecular flexibility index (Phi) is 4.35. The second kappa shape index (κ2) is 7.30. The molecule has 0 amide bonds. The molecule has 0 atom stereocenters. The van der Waals surface area contributed by atoms with Gasteiger partial charge in [0.15, 0.2) is 0 Å². The van der Waals surface area contributed by atoms with Crippen LogP contribution in [0.4, 0.5) is 0 Å². The molecule has 0 unspecified atom stereocenters. The smallest absolute Gasteiger partial charge is 0.140 e. The lowest BCUT2D eigenvalue weighted by Gasteiger charge is -2.07. The van der Waals surface area contributed by atoms with Crippen molar-refractivity contribution >= 4 is 0 Å². The predicted molar refractivity (Wildman–Crippen MR) is 110 cm³/mol. The molecule has 0 saturated heterocycles. The maximum Gasteiger partial charge on any atom is 0.140 e. The number of H-pyrrole nitrogens is 1. The number of benzene rings is 1. The van der Waals surface area contributed by atoms with Crippen LogP contribution < -0.4 is 5.32 Å². The van der Waals surface area contributed by atoms with Crippen molar-refractivity contribution in [3.63, 3.8) is 0 Å². The highest BCUT2D eigenvalue weighted by atomic mass is 15.1. The number of fused-ring (bicyclic) bond motifs is 3. The first-order valence-corrected chi connectivity index (χ1v) is 9.48. The van der Waals surface area contributed by atoms with Gasteiger partial charge in [0.05, 0.1) is 17.1 Å². The molecule has 1 aromatic carbocycles. The predicted octanol–water partition coefficient (Wildman–Crippen LogP) is 3.60. The Morgan fingerprint density at radius 2 is 2.03 bits per heavy atom. The van der Waals surface area contributed by atoms with Crippen LogP contribution in [-0.2, 0) is 19.5 Å². The highest BCUT2D eigenvalue weighted by Crippen LogP contribution is 2.40. The van der Waals surface area contributed by atoms with Crippen molar-refractivity contribution in [2.45, 2.75) is 19.5 Å². The summed E-state index contributed by atoms with van der Waals surface area (Å²) in [5, 5.41) is 20.1. The Hall–Kier alpha value is -3.82. The zero-order chi connectivity index (χ0) is 19.6. The Morgan fingerprint density at radius 1 is 1.07 bits per heavy atom. The Morgan fingerprint density at radius 3 is 2.83 bits per heavy atom. The zero-order valence-corrected chi connectivity index (χ0v) is 15.7. The number of pyridine rings is 2. The highest BCUT2D eigenvalue weighted by Gasteiger charge is 2.25. The fourth-order valence-corrected chi connectivity index (χ4v) is 3.77. The van der Waals surface area contributed by atoms with E-state index in [-0.39, 0.29) is 0 Å². The summed E-state index contributed by atoms with van der Waals surface area (Å²) in [5.74, 6) is 0. The summed E-state index contributed by atoms with van der Waals surface area (Å²) in [5.41, 5.74) is 9.29. The molecule has 3 heterocycles. The van der Waals surface area contributed by atoms with Gasteiger partial charge in [-0.15, -0.1) is 0 Å². The van der Waals surface area contributed by atoms with Crippen molar-refractivity contribution in [1.82, 2.24) is 25.5 Å². The molecule has 6 nitrogen and oxygen atoms in total. The average Bonchev–Trinajstić information content (AvgIpc) is 3.33. The average molecular weight is 378 g/mol. The minimum atomic E-state index is 0.409. The lowest BCUT2D eigenvalue weighted by molar-refractivity contribution is 0.679. The van der Waals surface area contributed by atoms with E-state index in [2.05, 4.69) is 49.8 Å². The van der Waals surface area contributed by atoms with Gasteiger partial charge in [0, 0.05) is 48.6 Å². The van der Waals surface area contributed by atoms with Crippen molar-refractivity contribution in [3.05, 3.63) is 89.0 Å². The number of aromatic amines is 1. The molecule has 6 heteroatoms. The summed E-state index contributed by atoms with van der Waals surface area (Å²) in [6, 6.07) is 18.2. The molecule has 4 aromatic rings. The van der Waals surface area contributed by atoms with Crippen LogP contribution in [0.5, 0.6) is 0 Å². The fourth-order valence-electron chi connectivity index (χ4n) is 3.77. The van der Waals surface area contributed by atoms with Crippen LogP contribution in [0, 0.1) is 11.3 Å². The number of nitriles is 1. The Bertz CT molecular complexity index is 1200. The molecular formula is C23H18N6. The maximum absolute atomic E-state index is 8.94. The summed E-state index contributed by atoms with van der Waals surface area (Å²) < 4.78 is 0. The van der Waals surface area contributed by atoms with Crippen LogP contribution in [0.2, 0.25) is 0 Å². The molecule has 0 radical (unpaired) electrons. The number of hydrogen-bond acceptors (Lipinski definition) is 5. The van der Waals surface area contributed by atoms with E-state index >= 15 is 0 Å². The molecule has 0 saturated carbocycles. The molecule has 2 N–H and O–H groups in total. The molecule has 0 spiro atoms. The Balaban J connectivity index is 1.33. The van der Waals surface area contributed by atoms with Gasteiger partial charge >= 0.3 is 0 Å². The summed E-state index contributed by atoms with van der Waals surface area (Å²) in [7, 11) is 0. The van der Waals surface area contributed by atoms with Crippen LogP contribution in [-0.4, -0.2) is 20.2 Å². The van der Waals surface area contributed by atoms with E-state index in [4.69, 9.17) is 5.26 Å². The normalized spacial score (nSPS) is 11.7. The standard InChI is InChI=1S/C23H18N6/c24-11-18-6-5-16(13-27-18)22-21-10-17-9-15(4-7-20(17)23(21)29-28-22)12-25-14-19-3-1-2-8-26-19/h1-9,13,25H,10,12,14H2,(H,28,29). The largest absolute Gasteiger partial charge is 0.307 e. The summed E-state index contributed by atoms with van der Waals surface area (Å²) in [6.45, 7) is 1.54. The van der Waals surface area contributed by atoms with Crippen molar-refractivity contribution in [1.29, 1.82) is 5.26 Å². The number of rotatable bonds is 5. The lowest BCUT2D eigenvalue weighted by atomic mass is 10.0. The van der Waals surface area contributed by atoms with E-state index in [9.17, 15) is 0 Å². The van der Waals surface area contributed by atoms with Crippen LogP contribution in [0.1, 0.15) is 28.1 Å². The first-order valence-electron chi connectivity index (χ1n) is 9.48. The summed E-state index contributed by atoms with van der Waals surface area (Å²) in [4.78, 5) is 8.51. The molecule has 5 rings (SSSR count). The van der Waals surface area contributed by atoms with E-state index in [0.717, 1.165) is 42.2 Å². The minimum absolute atomic E-state index is 0.409. The van der Waals surface area contributed by atoms with E-state index in [0.29, 0.717) is 5.69 Å². The number of nitrogens with one attached hydrogen (secondary N) is 2. The molecule has 0 fully saturated rings. The number of hydrogen-bond donors (Lipinski definition) is 2. The van der Waals surface area contributed by atoms with Crippen molar-refractivity contribution in [3.8, 4) is 28.6 Å². The van der Waals surface area contributed by atoms with Gasteiger partial charge in [-0.1, -0.05) is 24.3 Å². The summed E-state index contributed by atoms with van der Waals surface area (Å²) >= 11 is 0. The fraction of sp³-hybridized carbons (Fsp3) is 0.130. The molecule has 1 aliphatic carbocycles. The van der Waals surface area contributed by atoms with Crippen molar-refractivity contribution < 1.29 is 0 Å². The van der Waals surface area contributed by atoms with E-state index in [1.54, 1.807) is 12.3 Å². The molecule has 0 aliphatic heterocycles. The SMILES string of the molecule is N#Cc1ccc(-c2n[nH]c3c2Cc2cc(CNCc4ccccn4)ccc2-3)cn1. The van der Waals surface area contributed by atoms with Crippen molar-refractivity contribution in [2.75, 3.05) is 0 Å². The van der Waals surface area contributed by atoms with Crippen LogP contribution in [0.25, 0.3) is 22.5 Å². The quantitative estimate of drug-likeness (QED) is 0.488. The van der Waals surface area contributed by atoms with Gasteiger partial charge < -0.3 is 5.32 Å². The molecule has 1 aliphatic rings.